The minimum absolute atomic E-state index is 0.0309. The van der Waals surface area contributed by atoms with E-state index in [1.54, 1.807) is 24.3 Å². The largest absolute Gasteiger partial charge is 0.416 e. The van der Waals surface area contributed by atoms with Crippen LogP contribution in [0, 0.1) is 0 Å². The number of rotatable bonds is 5. The summed E-state index contributed by atoms with van der Waals surface area (Å²) in [6.07, 6.45) is -3.00. The number of halogens is 3. The topological polar surface area (TPSA) is 82.9 Å². The fourth-order valence-electron chi connectivity index (χ4n) is 3.19. The highest BCUT2D eigenvalue weighted by atomic mass is 19.4. The molecule has 0 saturated heterocycles. The Kier molecular flexibility index (Phi) is 5.05. The van der Waals surface area contributed by atoms with Crippen molar-refractivity contribution >= 4 is 10.9 Å². The second-order valence-electron chi connectivity index (χ2n) is 6.68. The summed E-state index contributed by atoms with van der Waals surface area (Å²) in [5.41, 5.74) is -1.07. The smallest absolute Gasteiger partial charge is 0.337 e. The molecular formula is C21H15F3N4O3. The van der Waals surface area contributed by atoms with Crippen LogP contribution in [-0.4, -0.2) is 19.3 Å². The number of fused-ring (bicyclic) bond motifs is 1. The van der Waals surface area contributed by atoms with E-state index in [2.05, 4.69) is 16.7 Å². The summed E-state index contributed by atoms with van der Waals surface area (Å²) < 4.78 is 45.8. The lowest BCUT2D eigenvalue weighted by atomic mass is 10.1. The molecule has 0 bridgehead atoms. The van der Waals surface area contributed by atoms with Crippen molar-refractivity contribution < 1.29 is 17.7 Å². The number of allylic oxidation sites excluding steroid dienone is 1. The third-order valence-corrected chi connectivity index (χ3v) is 4.68. The third kappa shape index (κ3) is 3.79. The molecule has 158 valence electrons. The molecule has 0 unspecified atom stereocenters. The van der Waals surface area contributed by atoms with E-state index in [-0.39, 0.29) is 24.8 Å². The normalized spacial score (nSPS) is 11.7. The average Bonchev–Trinajstić information content (AvgIpc) is 3.22. The minimum Gasteiger partial charge on any atom is -0.337 e. The summed E-state index contributed by atoms with van der Waals surface area (Å²) in [6, 6.07) is 10.9. The first-order chi connectivity index (χ1) is 14.8. The maximum atomic E-state index is 12.9. The molecule has 0 aliphatic heterocycles. The molecule has 0 N–H and O–H groups in total. The Bertz CT molecular complexity index is 1380. The Morgan fingerprint density at radius 3 is 2.42 bits per heavy atom. The molecule has 10 heteroatoms. The first-order valence-electron chi connectivity index (χ1n) is 9.13. The molecule has 4 rings (SSSR count). The first-order valence-corrected chi connectivity index (χ1v) is 9.13. The molecule has 2 aromatic heterocycles. The Morgan fingerprint density at radius 1 is 1.03 bits per heavy atom. The highest BCUT2D eigenvalue weighted by Crippen LogP contribution is 2.30. The van der Waals surface area contributed by atoms with E-state index < -0.39 is 23.0 Å². The van der Waals surface area contributed by atoms with Crippen molar-refractivity contribution in [3.05, 3.63) is 93.5 Å². The lowest BCUT2D eigenvalue weighted by Crippen LogP contribution is -2.40. The van der Waals surface area contributed by atoms with Crippen molar-refractivity contribution in [2.75, 3.05) is 0 Å². The average molecular weight is 428 g/mol. The van der Waals surface area contributed by atoms with E-state index in [1.807, 2.05) is 0 Å². The fourth-order valence-corrected chi connectivity index (χ4v) is 3.19. The number of hydrogen-bond donors (Lipinski definition) is 0. The van der Waals surface area contributed by atoms with Gasteiger partial charge in [0, 0.05) is 12.1 Å². The van der Waals surface area contributed by atoms with Gasteiger partial charge < -0.3 is 4.52 Å². The van der Waals surface area contributed by atoms with Crippen LogP contribution in [0.4, 0.5) is 13.2 Å². The van der Waals surface area contributed by atoms with E-state index in [1.165, 1.54) is 22.8 Å². The summed E-state index contributed by atoms with van der Waals surface area (Å²) in [5, 5.41) is 4.13. The molecule has 4 aromatic rings. The first kappa shape index (κ1) is 20.3. The van der Waals surface area contributed by atoms with Crippen LogP contribution in [-0.2, 0) is 19.3 Å². The summed E-state index contributed by atoms with van der Waals surface area (Å²) in [6.45, 7) is 3.48. The van der Waals surface area contributed by atoms with Crippen LogP contribution in [0.1, 0.15) is 11.5 Å². The van der Waals surface area contributed by atoms with Gasteiger partial charge in [0.15, 0.2) is 0 Å². The van der Waals surface area contributed by atoms with Gasteiger partial charge in [0.2, 0.25) is 11.7 Å². The molecule has 0 fully saturated rings. The van der Waals surface area contributed by atoms with Gasteiger partial charge in [-0.05, 0) is 24.3 Å². The molecule has 0 aliphatic rings. The van der Waals surface area contributed by atoms with Gasteiger partial charge in [-0.2, -0.15) is 18.2 Å². The van der Waals surface area contributed by atoms with Crippen molar-refractivity contribution in [2.24, 2.45) is 0 Å². The SMILES string of the molecule is C=CCn1c(=O)c2ccccc2n(Cc2nc(-c3ccc(C(F)(F)F)cc3)no2)c1=O. The Labute approximate surface area is 172 Å². The third-order valence-electron chi connectivity index (χ3n) is 4.68. The number of para-hydroxylation sites is 1. The van der Waals surface area contributed by atoms with Crippen LogP contribution in [0.25, 0.3) is 22.3 Å². The molecule has 0 saturated carbocycles. The van der Waals surface area contributed by atoms with Gasteiger partial charge in [-0.1, -0.05) is 35.5 Å². The number of alkyl halides is 3. The van der Waals surface area contributed by atoms with Crippen LogP contribution >= 0.6 is 0 Å². The van der Waals surface area contributed by atoms with E-state index >= 15 is 0 Å². The molecule has 0 aliphatic carbocycles. The van der Waals surface area contributed by atoms with Crippen molar-refractivity contribution in [2.45, 2.75) is 19.3 Å². The van der Waals surface area contributed by atoms with E-state index in [0.29, 0.717) is 16.5 Å². The summed E-state index contributed by atoms with van der Waals surface area (Å²) in [4.78, 5) is 29.7. The summed E-state index contributed by atoms with van der Waals surface area (Å²) >= 11 is 0. The Balaban J connectivity index is 1.73. The quantitative estimate of drug-likeness (QED) is 0.455. The Hall–Kier alpha value is -3.95. The minimum atomic E-state index is -4.45. The lowest BCUT2D eigenvalue weighted by Gasteiger charge is -2.11. The van der Waals surface area contributed by atoms with Crippen LogP contribution in [0.5, 0.6) is 0 Å². The van der Waals surface area contributed by atoms with Crippen LogP contribution in [0.3, 0.4) is 0 Å². The second-order valence-corrected chi connectivity index (χ2v) is 6.68. The van der Waals surface area contributed by atoms with Gasteiger partial charge in [-0.15, -0.1) is 6.58 Å². The molecule has 0 atom stereocenters. The predicted molar refractivity (Wildman–Crippen MR) is 107 cm³/mol. The number of benzene rings is 2. The second kappa shape index (κ2) is 7.71. The zero-order chi connectivity index (χ0) is 22.2. The van der Waals surface area contributed by atoms with Gasteiger partial charge in [-0.25, -0.2) is 4.79 Å². The monoisotopic (exact) mass is 428 g/mol. The Morgan fingerprint density at radius 2 is 1.74 bits per heavy atom. The van der Waals surface area contributed by atoms with Gasteiger partial charge in [0.05, 0.1) is 16.5 Å². The number of aromatic nitrogens is 4. The fraction of sp³-hybridized carbons (Fsp3) is 0.143. The zero-order valence-corrected chi connectivity index (χ0v) is 16.0. The highest BCUT2D eigenvalue weighted by Gasteiger charge is 2.30. The molecular weight excluding hydrogens is 413 g/mol. The zero-order valence-electron chi connectivity index (χ0n) is 16.0. The van der Waals surface area contributed by atoms with Crippen LogP contribution < -0.4 is 11.2 Å². The standard InChI is InChI=1S/C21H15F3N4O3/c1-2-11-27-19(29)15-5-3-4-6-16(15)28(20(27)30)12-17-25-18(26-31-17)13-7-9-14(10-8-13)21(22,23)24/h2-10H,1,11-12H2. The van der Waals surface area contributed by atoms with Crippen molar-refractivity contribution in [3.8, 4) is 11.4 Å². The van der Waals surface area contributed by atoms with Crippen molar-refractivity contribution in [1.29, 1.82) is 0 Å². The maximum absolute atomic E-state index is 12.9. The lowest BCUT2D eigenvalue weighted by molar-refractivity contribution is -0.137. The van der Waals surface area contributed by atoms with Crippen molar-refractivity contribution in [3.63, 3.8) is 0 Å². The maximum Gasteiger partial charge on any atom is 0.416 e. The molecule has 31 heavy (non-hydrogen) atoms. The molecule has 2 aromatic carbocycles. The van der Waals surface area contributed by atoms with E-state index in [9.17, 15) is 22.8 Å². The van der Waals surface area contributed by atoms with Crippen molar-refractivity contribution in [1.82, 2.24) is 19.3 Å². The van der Waals surface area contributed by atoms with Gasteiger partial charge >= 0.3 is 11.9 Å². The van der Waals surface area contributed by atoms with E-state index in [0.717, 1.165) is 16.7 Å². The number of nitrogens with zero attached hydrogens (tertiary/aromatic N) is 4. The molecule has 0 amide bonds. The van der Waals surface area contributed by atoms with Crippen LogP contribution in [0.2, 0.25) is 0 Å². The van der Waals surface area contributed by atoms with Gasteiger partial charge in [-0.3, -0.25) is 13.9 Å². The highest BCUT2D eigenvalue weighted by molar-refractivity contribution is 5.77. The molecule has 7 nitrogen and oxygen atoms in total. The molecule has 0 radical (unpaired) electrons. The predicted octanol–water partition coefficient (Wildman–Crippen LogP) is 3.47. The van der Waals surface area contributed by atoms with Crippen LogP contribution in [0.15, 0.2) is 75.3 Å². The number of hydrogen-bond acceptors (Lipinski definition) is 5. The van der Waals surface area contributed by atoms with Gasteiger partial charge in [0.25, 0.3) is 5.56 Å². The summed E-state index contributed by atoms with van der Waals surface area (Å²) in [7, 11) is 0. The van der Waals surface area contributed by atoms with E-state index in [4.69, 9.17) is 4.52 Å². The van der Waals surface area contributed by atoms with Gasteiger partial charge in [0.1, 0.15) is 6.54 Å². The molecule has 0 spiro atoms. The summed E-state index contributed by atoms with van der Waals surface area (Å²) in [5.74, 6) is 0.145. The molecule has 2 heterocycles.